The first-order valence-corrected chi connectivity index (χ1v) is 29.7. The van der Waals surface area contributed by atoms with Crippen molar-refractivity contribution in [2.24, 2.45) is 17.8 Å². The number of allylic oxidation sites excluding steroid dienone is 6. The van der Waals surface area contributed by atoms with Crippen LogP contribution >= 0.6 is 0 Å². The van der Waals surface area contributed by atoms with Crippen LogP contribution in [0.5, 0.6) is 34.5 Å². The summed E-state index contributed by atoms with van der Waals surface area (Å²) in [6.07, 6.45) is 23.5. The Kier molecular flexibility index (Phi) is 41.7. The van der Waals surface area contributed by atoms with Crippen LogP contribution in [0, 0.1) is 17.8 Å². The van der Waals surface area contributed by atoms with Crippen molar-refractivity contribution in [3.8, 4) is 34.5 Å². The molecule has 22 heteroatoms. The number of methoxy groups -OCH3 is 5. The standard InChI is InChI=1S/C21H31NO5.C20H29NO5.C18H27NO3.C7H9NO5/c1-16(2)9-7-5-6-8-10-20(23)22-14-17-11-12-18(19(13-17)26-4)27-21(24)15-25-3;1-15(2)8-6-4-5-7-9-19(23)21-13-16-10-11-17(18(12-16)25-3)26-20(24)14-22;1-14(2)8-6-4-5-7-9-18(21)19-13-15-10-11-16(20)17(12-15)22-3;1-12-4-7(11)13-8-5(9)2-3-6(8)10/h7,9,11-13,16H,5-6,8,10,14-15H2,1-4H3,(H,22,23);6,8,10-12,15,22H,4-5,7,9,13-14H2,1-3H3,(H,21,23);6,8,10-12,14,20H,4-5,7,9,13H2,1-3H3,(H,19,21);2-4H2,1H3/b9-7+;2*8-6+;. The number of phenols is 1. The molecular weight excluding hydrogens is 1140 g/mol. The topological polar surface area (TPSA) is 290 Å². The smallest absolute Gasteiger partial charge is 0.358 e. The molecule has 0 spiro atoms. The summed E-state index contributed by atoms with van der Waals surface area (Å²) in [5.74, 6) is 0.696. The maximum atomic E-state index is 12.0. The normalized spacial score (nSPS) is 11.8. The molecule has 0 radical (unpaired) electrons. The van der Waals surface area contributed by atoms with Crippen LogP contribution in [0.25, 0.3) is 0 Å². The van der Waals surface area contributed by atoms with Crippen molar-refractivity contribution in [1.82, 2.24) is 21.0 Å². The fourth-order valence-corrected chi connectivity index (χ4v) is 7.59. The number of phenolic OH excluding ortho intramolecular Hbond substituents is 1. The number of hydroxylamine groups is 2. The Labute approximate surface area is 519 Å². The predicted octanol–water partition coefficient (Wildman–Crippen LogP) is 9.65. The molecule has 1 heterocycles. The number of hydrogen-bond acceptors (Lipinski definition) is 18. The van der Waals surface area contributed by atoms with Crippen LogP contribution in [0.15, 0.2) is 91.1 Å². The van der Waals surface area contributed by atoms with E-state index in [4.69, 9.17) is 33.5 Å². The highest BCUT2D eigenvalue weighted by Crippen LogP contribution is 2.30. The number of nitrogens with one attached hydrogen (secondary N) is 3. The van der Waals surface area contributed by atoms with E-state index < -0.39 is 36.3 Å². The number of hydrogen-bond donors (Lipinski definition) is 5. The van der Waals surface area contributed by atoms with E-state index in [0.717, 1.165) is 74.5 Å². The minimum absolute atomic E-state index is 0.00703. The average molecular weight is 1230 g/mol. The Morgan fingerprint density at radius 2 is 0.841 bits per heavy atom. The molecule has 0 aliphatic carbocycles. The number of imide groups is 1. The number of aliphatic hydroxyl groups is 1. The molecule has 5 N–H and O–H groups in total. The number of carbonyl (C=O) groups excluding carboxylic acids is 8. The number of unbranched alkanes of at least 4 members (excludes halogenated alkanes) is 6. The number of aromatic hydroxyl groups is 1. The van der Waals surface area contributed by atoms with Gasteiger partial charge in [0.2, 0.25) is 17.7 Å². The highest BCUT2D eigenvalue weighted by molar-refractivity contribution is 6.01. The van der Waals surface area contributed by atoms with E-state index in [1.807, 2.05) is 0 Å². The summed E-state index contributed by atoms with van der Waals surface area (Å²) in [5.41, 5.74) is 2.60. The maximum absolute atomic E-state index is 12.0. The second-order valence-corrected chi connectivity index (χ2v) is 21.1. The van der Waals surface area contributed by atoms with Crippen LogP contribution in [0.4, 0.5) is 0 Å². The van der Waals surface area contributed by atoms with Gasteiger partial charge >= 0.3 is 17.9 Å². The Morgan fingerprint density at radius 3 is 1.19 bits per heavy atom. The summed E-state index contributed by atoms with van der Waals surface area (Å²) in [4.78, 5) is 95.4. The summed E-state index contributed by atoms with van der Waals surface area (Å²) in [6.45, 7) is 13.0. The second-order valence-electron chi connectivity index (χ2n) is 21.1. The molecule has 1 fully saturated rings. The second kappa shape index (κ2) is 47.0. The van der Waals surface area contributed by atoms with E-state index in [1.54, 1.807) is 54.6 Å². The molecule has 488 valence electrons. The zero-order chi connectivity index (χ0) is 65.7. The van der Waals surface area contributed by atoms with E-state index in [9.17, 15) is 43.5 Å². The van der Waals surface area contributed by atoms with Crippen LogP contribution in [0.1, 0.15) is 148 Å². The minimum atomic E-state index is -0.758. The van der Waals surface area contributed by atoms with Crippen LogP contribution in [-0.2, 0) is 72.3 Å². The molecule has 3 aromatic carbocycles. The Hall–Kier alpha value is -8.08. The van der Waals surface area contributed by atoms with Gasteiger partial charge in [-0.3, -0.25) is 24.0 Å². The first-order valence-electron chi connectivity index (χ1n) is 29.7. The molecule has 0 saturated carbocycles. The molecule has 0 unspecified atom stereocenters. The zero-order valence-corrected chi connectivity index (χ0v) is 53.4. The Balaban J connectivity index is 0.000000602. The molecule has 5 amide bonds. The molecule has 0 aromatic heterocycles. The molecule has 0 atom stereocenters. The van der Waals surface area contributed by atoms with Gasteiger partial charge in [-0.25, -0.2) is 14.4 Å². The molecule has 3 aromatic rings. The third-order valence-corrected chi connectivity index (χ3v) is 12.1. The Bertz CT molecular complexity index is 2670. The summed E-state index contributed by atoms with van der Waals surface area (Å²) in [5, 5.41) is 27.4. The third-order valence-electron chi connectivity index (χ3n) is 12.1. The molecule has 1 aliphatic heterocycles. The van der Waals surface area contributed by atoms with Gasteiger partial charge in [0.1, 0.15) is 19.8 Å². The molecule has 4 rings (SSSR count). The lowest BCUT2D eigenvalue weighted by atomic mass is 10.1. The molecule has 1 saturated heterocycles. The fraction of sp³-hybridized carbons (Fsp3) is 0.515. The van der Waals surface area contributed by atoms with Gasteiger partial charge in [0.15, 0.2) is 34.5 Å². The number of amides is 5. The zero-order valence-electron chi connectivity index (χ0n) is 53.4. The van der Waals surface area contributed by atoms with Gasteiger partial charge < -0.3 is 64.2 Å². The quantitative estimate of drug-likeness (QED) is 0.0120. The van der Waals surface area contributed by atoms with Crippen LogP contribution < -0.4 is 39.6 Å². The summed E-state index contributed by atoms with van der Waals surface area (Å²) in [7, 11) is 7.20. The lowest BCUT2D eigenvalue weighted by Crippen LogP contribution is -2.33. The number of esters is 2. The summed E-state index contributed by atoms with van der Waals surface area (Å²) >= 11 is 0. The van der Waals surface area contributed by atoms with E-state index in [1.165, 1.54) is 35.5 Å². The van der Waals surface area contributed by atoms with Crippen molar-refractivity contribution in [2.75, 3.05) is 55.4 Å². The number of ether oxygens (including phenoxy) is 7. The van der Waals surface area contributed by atoms with E-state index in [-0.39, 0.29) is 55.3 Å². The van der Waals surface area contributed by atoms with Crippen molar-refractivity contribution < 1.29 is 86.6 Å². The van der Waals surface area contributed by atoms with Gasteiger partial charge in [0.25, 0.3) is 11.8 Å². The first kappa shape index (κ1) is 77.9. The summed E-state index contributed by atoms with van der Waals surface area (Å²) in [6, 6.07) is 15.3. The number of nitrogens with zero attached hydrogens (tertiary/aromatic N) is 1. The largest absolute Gasteiger partial charge is 0.504 e. The third kappa shape index (κ3) is 36.8. The highest BCUT2D eigenvalue weighted by atomic mass is 16.7. The lowest BCUT2D eigenvalue weighted by Gasteiger charge is -2.11. The van der Waals surface area contributed by atoms with E-state index in [2.05, 4.69) is 104 Å². The fourth-order valence-electron chi connectivity index (χ4n) is 7.59. The van der Waals surface area contributed by atoms with Crippen LogP contribution in [0.3, 0.4) is 0 Å². The lowest BCUT2D eigenvalue weighted by molar-refractivity contribution is -0.199. The van der Waals surface area contributed by atoms with Gasteiger partial charge in [0.05, 0.1) is 21.3 Å². The van der Waals surface area contributed by atoms with Gasteiger partial charge in [-0.15, -0.1) is 5.06 Å². The van der Waals surface area contributed by atoms with Gasteiger partial charge in [-0.05, 0) is 129 Å². The maximum Gasteiger partial charge on any atom is 0.358 e. The SMILES string of the molecule is COCC(=O)ON1C(=O)CCC1=O.COCC(=O)Oc1ccc(CNC(=O)CCCC/C=C/C(C)C)cc1OC.COc1cc(CNC(=O)CCCC/C=C/C(C)C)ccc1O.COc1cc(CNC(=O)CCCC/C=C/C(C)C)ccc1OC(=O)CO. The Morgan fingerprint density at radius 1 is 0.489 bits per heavy atom. The predicted molar refractivity (Wildman–Crippen MR) is 333 cm³/mol. The molecule has 0 bridgehead atoms. The molecule has 1 aliphatic rings. The van der Waals surface area contributed by atoms with Crippen molar-refractivity contribution in [3.63, 3.8) is 0 Å². The van der Waals surface area contributed by atoms with Gasteiger partial charge in [0, 0.05) is 66.0 Å². The molecular formula is C66H96N4O18. The first-order chi connectivity index (χ1) is 42.1. The minimum Gasteiger partial charge on any atom is -0.504 e. The molecule has 22 nitrogen and oxygen atoms in total. The van der Waals surface area contributed by atoms with Gasteiger partial charge in [-0.2, -0.15) is 0 Å². The van der Waals surface area contributed by atoms with Gasteiger partial charge in [-0.1, -0.05) is 96.2 Å². The monoisotopic (exact) mass is 1230 g/mol. The average Bonchev–Trinajstić information content (AvgIpc) is 2.66. The number of rotatable bonds is 35. The van der Waals surface area contributed by atoms with Crippen molar-refractivity contribution >= 4 is 47.4 Å². The van der Waals surface area contributed by atoms with Crippen molar-refractivity contribution in [3.05, 3.63) is 108 Å². The summed E-state index contributed by atoms with van der Waals surface area (Å²) < 4.78 is 34.8. The van der Waals surface area contributed by atoms with E-state index in [0.29, 0.717) is 84.7 Å². The highest BCUT2D eigenvalue weighted by Gasteiger charge is 2.32. The number of aliphatic hydroxyl groups excluding tert-OH is 1. The van der Waals surface area contributed by atoms with Crippen molar-refractivity contribution in [2.45, 2.75) is 151 Å². The number of carbonyl (C=O) groups is 8. The van der Waals surface area contributed by atoms with Crippen LogP contribution in [-0.4, -0.2) is 118 Å². The molecule has 88 heavy (non-hydrogen) atoms. The number of benzene rings is 3. The van der Waals surface area contributed by atoms with Crippen LogP contribution in [0.2, 0.25) is 0 Å². The van der Waals surface area contributed by atoms with E-state index >= 15 is 0 Å². The van der Waals surface area contributed by atoms with Crippen molar-refractivity contribution in [1.29, 1.82) is 0 Å².